The normalized spacial score (nSPS) is 18.8. The van der Waals surface area contributed by atoms with Gasteiger partial charge in [-0.15, -0.1) is 13.2 Å². The smallest absolute Gasteiger partial charge is 0.410 e. The van der Waals surface area contributed by atoms with Crippen LogP contribution in [0, 0.1) is 5.41 Å². The largest absolute Gasteiger partial charge is 0.444 e. The van der Waals surface area contributed by atoms with E-state index in [4.69, 9.17) is 14.2 Å². The molecule has 0 bridgehead atoms. The second-order valence-electron chi connectivity index (χ2n) is 10.6. The maximum absolute atomic E-state index is 13.5. The van der Waals surface area contributed by atoms with Crippen molar-refractivity contribution in [3.63, 3.8) is 0 Å². The minimum Gasteiger partial charge on any atom is -0.444 e. The predicted molar refractivity (Wildman–Crippen MR) is 147 cm³/mol. The molecule has 38 heavy (non-hydrogen) atoms. The summed E-state index contributed by atoms with van der Waals surface area (Å²) in [7, 11) is 0. The summed E-state index contributed by atoms with van der Waals surface area (Å²) in [5.74, 6) is -0.916. The van der Waals surface area contributed by atoms with Crippen molar-refractivity contribution in [1.29, 1.82) is 0 Å². The highest BCUT2D eigenvalue weighted by atomic mass is 16.6. The van der Waals surface area contributed by atoms with Gasteiger partial charge < -0.3 is 29.7 Å². The Hall–Kier alpha value is -3.17. The molecule has 0 aromatic heterocycles. The highest BCUT2D eigenvalue weighted by molar-refractivity contribution is 5.86. The zero-order chi connectivity index (χ0) is 28.2. The Bertz CT molecular complexity index is 945. The first kappa shape index (κ1) is 31.1. The number of benzene rings is 1. The lowest BCUT2D eigenvalue weighted by molar-refractivity contribution is -0.134. The van der Waals surface area contributed by atoms with Crippen molar-refractivity contribution in [3.05, 3.63) is 61.2 Å². The molecule has 0 aliphatic carbocycles. The number of carbonyl (C=O) groups is 3. The molecule has 2 unspecified atom stereocenters. The number of hydrogen-bond donors (Lipinski definition) is 2. The van der Waals surface area contributed by atoms with Crippen molar-refractivity contribution in [3.8, 4) is 0 Å². The maximum atomic E-state index is 13.5. The average Bonchev–Trinajstić information content (AvgIpc) is 3.31. The van der Waals surface area contributed by atoms with E-state index >= 15 is 0 Å². The van der Waals surface area contributed by atoms with Gasteiger partial charge in [0.15, 0.2) is 0 Å². The summed E-state index contributed by atoms with van der Waals surface area (Å²) >= 11 is 0. The van der Waals surface area contributed by atoms with Crippen molar-refractivity contribution in [2.75, 3.05) is 46.1 Å². The zero-order valence-electron chi connectivity index (χ0n) is 23.2. The standard InChI is InChI=1S/C29H43N3O6/c1-7-16-36-19-24(23-12-10-9-11-13-23)25(33)30-18-22(3)31-26(34)29(21-37-17-8-2)14-15-32(20-29)27(35)38-28(4,5)6/h7-13,22,24H,1-2,14-21H2,3-6H3,(H,30,33)(H,31,34)/t22-,24?,29?/m1/s1. The minimum atomic E-state index is -0.927. The van der Waals surface area contributed by atoms with Crippen LogP contribution in [0.5, 0.6) is 0 Å². The third kappa shape index (κ3) is 9.61. The SMILES string of the molecule is C=CCOCC(C(=O)NC[C@@H](C)NC(=O)C1(COCC=C)CCN(C(=O)OC(C)(C)C)C1)c1ccccc1. The van der Waals surface area contributed by atoms with Crippen LogP contribution in [-0.2, 0) is 23.8 Å². The summed E-state index contributed by atoms with van der Waals surface area (Å²) < 4.78 is 16.7. The van der Waals surface area contributed by atoms with Crippen LogP contribution in [0.15, 0.2) is 55.6 Å². The Morgan fingerprint density at radius 1 is 1.11 bits per heavy atom. The molecule has 1 aliphatic rings. The van der Waals surface area contributed by atoms with Crippen LogP contribution in [-0.4, -0.2) is 80.5 Å². The predicted octanol–water partition coefficient (Wildman–Crippen LogP) is 3.42. The molecule has 2 N–H and O–H groups in total. The zero-order valence-corrected chi connectivity index (χ0v) is 23.2. The van der Waals surface area contributed by atoms with Gasteiger partial charge in [0.05, 0.1) is 37.8 Å². The molecule has 9 nitrogen and oxygen atoms in total. The van der Waals surface area contributed by atoms with Crippen molar-refractivity contribution >= 4 is 17.9 Å². The van der Waals surface area contributed by atoms with E-state index in [0.717, 1.165) is 5.56 Å². The van der Waals surface area contributed by atoms with Crippen LogP contribution in [0.1, 0.15) is 45.6 Å². The summed E-state index contributed by atoms with van der Waals surface area (Å²) in [4.78, 5) is 40.7. The fraction of sp³-hybridized carbons (Fsp3) is 0.552. The van der Waals surface area contributed by atoms with Gasteiger partial charge in [-0.05, 0) is 39.7 Å². The fourth-order valence-corrected chi connectivity index (χ4v) is 4.14. The Morgan fingerprint density at radius 3 is 2.39 bits per heavy atom. The van der Waals surface area contributed by atoms with Gasteiger partial charge in [-0.3, -0.25) is 9.59 Å². The summed E-state index contributed by atoms with van der Waals surface area (Å²) in [6, 6.07) is 9.06. The Morgan fingerprint density at radius 2 is 1.76 bits per heavy atom. The summed E-state index contributed by atoms with van der Waals surface area (Å²) in [5.41, 5.74) is -0.717. The van der Waals surface area contributed by atoms with Gasteiger partial charge in [-0.1, -0.05) is 42.5 Å². The molecule has 3 amide bonds. The van der Waals surface area contributed by atoms with Gasteiger partial charge >= 0.3 is 6.09 Å². The van der Waals surface area contributed by atoms with Crippen molar-refractivity contribution in [1.82, 2.24) is 15.5 Å². The van der Waals surface area contributed by atoms with E-state index in [1.165, 1.54) is 0 Å². The highest BCUT2D eigenvalue weighted by Crippen LogP contribution is 2.32. The molecular formula is C29H43N3O6. The van der Waals surface area contributed by atoms with E-state index in [0.29, 0.717) is 26.2 Å². The van der Waals surface area contributed by atoms with Crippen molar-refractivity contribution in [2.45, 2.75) is 51.7 Å². The number of rotatable bonds is 14. The monoisotopic (exact) mass is 529 g/mol. The van der Waals surface area contributed by atoms with Crippen LogP contribution < -0.4 is 10.6 Å². The molecule has 0 radical (unpaired) electrons. The van der Waals surface area contributed by atoms with Crippen molar-refractivity contribution < 1.29 is 28.6 Å². The van der Waals surface area contributed by atoms with E-state index in [2.05, 4.69) is 23.8 Å². The first-order chi connectivity index (χ1) is 18.0. The Kier molecular flexibility index (Phi) is 12.0. The van der Waals surface area contributed by atoms with Gasteiger partial charge in [-0.2, -0.15) is 0 Å². The molecule has 3 atom stereocenters. The van der Waals surface area contributed by atoms with Crippen LogP contribution in [0.4, 0.5) is 4.79 Å². The number of carbonyl (C=O) groups excluding carboxylic acids is 3. The average molecular weight is 530 g/mol. The second-order valence-corrected chi connectivity index (χ2v) is 10.6. The lowest BCUT2D eigenvalue weighted by Crippen LogP contribution is -2.52. The molecule has 1 aliphatic heterocycles. The van der Waals surface area contributed by atoms with Gasteiger partial charge in [0.2, 0.25) is 11.8 Å². The number of amides is 3. The Balaban J connectivity index is 2.01. The van der Waals surface area contributed by atoms with Crippen LogP contribution in [0.3, 0.4) is 0 Å². The fourth-order valence-electron chi connectivity index (χ4n) is 4.14. The Labute approximate surface area is 226 Å². The molecule has 1 saturated heterocycles. The van der Waals surface area contributed by atoms with E-state index in [1.54, 1.807) is 37.8 Å². The number of likely N-dealkylation sites (tertiary alicyclic amines) is 1. The van der Waals surface area contributed by atoms with E-state index in [1.807, 2.05) is 37.3 Å². The molecule has 2 rings (SSSR count). The van der Waals surface area contributed by atoms with E-state index in [-0.39, 0.29) is 44.2 Å². The molecule has 1 heterocycles. The summed E-state index contributed by atoms with van der Waals surface area (Å²) in [6.45, 7) is 16.3. The third-order valence-electron chi connectivity index (χ3n) is 6.10. The molecule has 0 spiro atoms. The van der Waals surface area contributed by atoms with Gasteiger partial charge in [-0.25, -0.2) is 4.79 Å². The number of nitrogens with zero attached hydrogens (tertiary/aromatic N) is 1. The lowest BCUT2D eigenvalue weighted by Gasteiger charge is -2.30. The maximum Gasteiger partial charge on any atom is 0.410 e. The third-order valence-corrected chi connectivity index (χ3v) is 6.10. The molecule has 1 aromatic rings. The van der Waals surface area contributed by atoms with Crippen molar-refractivity contribution in [2.24, 2.45) is 5.41 Å². The van der Waals surface area contributed by atoms with Crippen LogP contribution in [0.25, 0.3) is 0 Å². The lowest BCUT2D eigenvalue weighted by atomic mass is 9.86. The quantitative estimate of drug-likeness (QED) is 0.283. The molecule has 210 valence electrons. The molecule has 9 heteroatoms. The number of nitrogens with one attached hydrogen (secondary N) is 2. The molecule has 1 aromatic carbocycles. The van der Waals surface area contributed by atoms with Gasteiger partial charge in [0, 0.05) is 25.7 Å². The van der Waals surface area contributed by atoms with Crippen LogP contribution >= 0.6 is 0 Å². The first-order valence-corrected chi connectivity index (χ1v) is 13.0. The second kappa shape index (κ2) is 14.7. The minimum absolute atomic E-state index is 0.139. The molecule has 1 fully saturated rings. The molecule has 0 saturated carbocycles. The molecular weight excluding hydrogens is 486 g/mol. The van der Waals surface area contributed by atoms with E-state index < -0.39 is 23.0 Å². The first-order valence-electron chi connectivity index (χ1n) is 13.0. The summed E-state index contributed by atoms with van der Waals surface area (Å²) in [5, 5.41) is 5.93. The number of ether oxygens (including phenoxy) is 3. The number of hydrogen-bond acceptors (Lipinski definition) is 6. The summed E-state index contributed by atoms with van der Waals surface area (Å²) in [6.07, 6.45) is 3.23. The van der Waals surface area contributed by atoms with Crippen LogP contribution in [0.2, 0.25) is 0 Å². The van der Waals surface area contributed by atoms with E-state index in [9.17, 15) is 14.4 Å². The highest BCUT2D eigenvalue weighted by Gasteiger charge is 2.47. The topological polar surface area (TPSA) is 106 Å². The van der Waals surface area contributed by atoms with Gasteiger partial charge in [0.1, 0.15) is 5.60 Å². The van der Waals surface area contributed by atoms with Gasteiger partial charge in [0.25, 0.3) is 0 Å².